The van der Waals surface area contributed by atoms with Gasteiger partial charge >= 0.3 is 0 Å². The maximum absolute atomic E-state index is 11.8. The molecule has 1 aromatic carbocycles. The predicted octanol–water partition coefficient (Wildman–Crippen LogP) is 3.92. The van der Waals surface area contributed by atoms with E-state index in [0.717, 1.165) is 25.7 Å². The molecule has 0 N–H and O–H groups in total. The van der Waals surface area contributed by atoms with Crippen molar-refractivity contribution in [3.8, 4) is 0 Å². The van der Waals surface area contributed by atoms with Gasteiger partial charge in [0.1, 0.15) is 5.78 Å². The van der Waals surface area contributed by atoms with Crippen LogP contribution in [0, 0.1) is 5.92 Å². The predicted molar refractivity (Wildman–Crippen MR) is 74.6 cm³/mol. The van der Waals surface area contributed by atoms with Crippen molar-refractivity contribution in [1.29, 1.82) is 0 Å². The number of Topliss-reactive ketones (excluding diaryl/α,β-unsaturated/α-hetero) is 1. The zero-order chi connectivity index (χ0) is 12.3. The largest absolute Gasteiger partial charge is 0.298 e. The van der Waals surface area contributed by atoms with Crippen molar-refractivity contribution in [2.75, 3.05) is 0 Å². The molecular formula is C15H19BrO. The highest BCUT2D eigenvalue weighted by Gasteiger charge is 2.33. The van der Waals surface area contributed by atoms with Gasteiger partial charge < -0.3 is 0 Å². The molecule has 1 unspecified atom stereocenters. The minimum Gasteiger partial charge on any atom is -0.298 e. The quantitative estimate of drug-likeness (QED) is 0.727. The van der Waals surface area contributed by atoms with Crippen LogP contribution in [0.15, 0.2) is 24.3 Å². The molecule has 0 aromatic heterocycles. The molecule has 1 aliphatic carbocycles. The van der Waals surface area contributed by atoms with Gasteiger partial charge in [-0.2, -0.15) is 0 Å². The second kappa shape index (κ2) is 5.81. The zero-order valence-electron chi connectivity index (χ0n) is 10.3. The Kier molecular flexibility index (Phi) is 4.38. The molecule has 0 saturated heterocycles. The molecule has 92 valence electrons. The van der Waals surface area contributed by atoms with Crippen LogP contribution in [0.5, 0.6) is 0 Å². The summed E-state index contributed by atoms with van der Waals surface area (Å²) in [6.07, 6.45) is 5.33. The third kappa shape index (κ3) is 3.67. The van der Waals surface area contributed by atoms with Crippen molar-refractivity contribution in [3.05, 3.63) is 35.4 Å². The molecule has 1 aromatic rings. The molecule has 0 heterocycles. The first-order valence-electron chi connectivity index (χ1n) is 6.46. The lowest BCUT2D eigenvalue weighted by molar-refractivity contribution is -0.119. The average Bonchev–Trinajstić information content (AvgIpc) is 3.15. The van der Waals surface area contributed by atoms with Crippen molar-refractivity contribution >= 4 is 21.7 Å². The summed E-state index contributed by atoms with van der Waals surface area (Å²) in [7, 11) is 0. The molecule has 1 aliphatic rings. The number of hydrogen-bond donors (Lipinski definition) is 0. The van der Waals surface area contributed by atoms with Crippen molar-refractivity contribution in [2.45, 2.75) is 43.9 Å². The molecule has 17 heavy (non-hydrogen) atoms. The van der Waals surface area contributed by atoms with Gasteiger partial charge in [0, 0.05) is 5.92 Å². The van der Waals surface area contributed by atoms with Crippen LogP contribution in [0.2, 0.25) is 0 Å². The van der Waals surface area contributed by atoms with E-state index in [1.807, 2.05) is 0 Å². The number of ketones is 1. The lowest BCUT2D eigenvalue weighted by Gasteiger charge is -2.08. The van der Waals surface area contributed by atoms with E-state index in [0.29, 0.717) is 11.7 Å². The monoisotopic (exact) mass is 294 g/mol. The van der Waals surface area contributed by atoms with Gasteiger partial charge in [-0.25, -0.2) is 0 Å². The summed E-state index contributed by atoms with van der Waals surface area (Å²) in [5.41, 5.74) is 2.64. The lowest BCUT2D eigenvalue weighted by atomic mass is 10.0. The Balaban J connectivity index is 1.91. The number of aryl methyl sites for hydroxylation is 1. The summed E-state index contributed by atoms with van der Waals surface area (Å²) in [5, 5.41) is 0. The van der Waals surface area contributed by atoms with Crippen molar-refractivity contribution in [3.63, 3.8) is 0 Å². The van der Waals surface area contributed by atoms with Crippen LogP contribution in [-0.2, 0) is 17.6 Å². The van der Waals surface area contributed by atoms with Gasteiger partial charge in [-0.05, 0) is 36.8 Å². The molecule has 0 radical (unpaired) electrons. The first-order valence-corrected chi connectivity index (χ1v) is 7.38. The fourth-order valence-corrected chi connectivity index (χ4v) is 2.81. The molecule has 2 heteroatoms. The van der Waals surface area contributed by atoms with E-state index in [9.17, 15) is 4.79 Å². The Labute approximate surface area is 112 Å². The van der Waals surface area contributed by atoms with E-state index in [1.54, 1.807) is 0 Å². The lowest BCUT2D eigenvalue weighted by Crippen LogP contribution is -2.18. The first-order chi connectivity index (χ1) is 8.20. The Morgan fingerprint density at radius 1 is 1.29 bits per heavy atom. The minimum atomic E-state index is 0.00650. The molecule has 0 spiro atoms. The summed E-state index contributed by atoms with van der Waals surface area (Å²) in [4.78, 5) is 11.8. The number of alkyl halides is 1. The van der Waals surface area contributed by atoms with Crippen LogP contribution in [0.3, 0.4) is 0 Å². The Bertz CT molecular complexity index is 378. The van der Waals surface area contributed by atoms with E-state index in [-0.39, 0.29) is 4.83 Å². The highest BCUT2D eigenvalue weighted by molar-refractivity contribution is 9.10. The number of hydrogen-bond acceptors (Lipinski definition) is 1. The second-order valence-electron chi connectivity index (χ2n) is 4.91. The van der Waals surface area contributed by atoms with Gasteiger partial charge in [-0.1, -0.05) is 53.5 Å². The molecule has 1 saturated carbocycles. The number of carbonyl (C=O) groups excluding carboxylic acids is 1. The van der Waals surface area contributed by atoms with Crippen molar-refractivity contribution in [2.24, 2.45) is 5.92 Å². The molecule has 0 amide bonds. The van der Waals surface area contributed by atoms with Gasteiger partial charge in [-0.15, -0.1) is 0 Å². The van der Waals surface area contributed by atoms with Crippen LogP contribution >= 0.6 is 15.9 Å². The number of rotatable bonds is 6. The van der Waals surface area contributed by atoms with E-state index < -0.39 is 0 Å². The fraction of sp³-hybridized carbons (Fsp3) is 0.533. The average molecular weight is 295 g/mol. The molecule has 0 aliphatic heterocycles. The minimum absolute atomic E-state index is 0.00650. The van der Waals surface area contributed by atoms with Crippen LogP contribution in [0.25, 0.3) is 0 Å². The van der Waals surface area contributed by atoms with Crippen LogP contribution in [0.4, 0.5) is 0 Å². The van der Waals surface area contributed by atoms with Crippen LogP contribution in [-0.4, -0.2) is 10.6 Å². The standard InChI is InChI=1S/C15H19BrO/c1-2-3-11-4-6-12(7-5-11)10-14(16)15(17)13-8-9-13/h4-7,13-14H,2-3,8-10H2,1H3. The topological polar surface area (TPSA) is 17.1 Å². The maximum atomic E-state index is 11.8. The van der Waals surface area contributed by atoms with Gasteiger partial charge in [-0.3, -0.25) is 4.79 Å². The normalized spacial score (nSPS) is 16.8. The Hall–Kier alpha value is -0.630. The maximum Gasteiger partial charge on any atom is 0.149 e. The van der Waals surface area contributed by atoms with Crippen molar-refractivity contribution < 1.29 is 4.79 Å². The van der Waals surface area contributed by atoms with E-state index >= 15 is 0 Å². The molecule has 2 rings (SSSR count). The molecule has 1 fully saturated rings. The SMILES string of the molecule is CCCc1ccc(CC(Br)C(=O)C2CC2)cc1. The zero-order valence-corrected chi connectivity index (χ0v) is 11.9. The third-order valence-electron chi connectivity index (χ3n) is 3.27. The van der Waals surface area contributed by atoms with E-state index in [2.05, 4.69) is 47.1 Å². The summed E-state index contributed by atoms with van der Waals surface area (Å²) in [6.45, 7) is 2.19. The van der Waals surface area contributed by atoms with E-state index in [4.69, 9.17) is 0 Å². The first kappa shape index (κ1) is 12.8. The van der Waals surface area contributed by atoms with Crippen molar-refractivity contribution in [1.82, 2.24) is 0 Å². The highest BCUT2D eigenvalue weighted by Crippen LogP contribution is 2.33. The summed E-state index contributed by atoms with van der Waals surface area (Å²) >= 11 is 3.52. The van der Waals surface area contributed by atoms with Gasteiger partial charge in [0.25, 0.3) is 0 Å². The number of benzene rings is 1. The Morgan fingerprint density at radius 3 is 2.41 bits per heavy atom. The van der Waals surface area contributed by atoms with Gasteiger partial charge in [0.2, 0.25) is 0 Å². The summed E-state index contributed by atoms with van der Waals surface area (Å²) in [6, 6.07) is 8.67. The summed E-state index contributed by atoms with van der Waals surface area (Å²) < 4.78 is 0. The third-order valence-corrected chi connectivity index (χ3v) is 4.04. The fourth-order valence-electron chi connectivity index (χ4n) is 2.06. The van der Waals surface area contributed by atoms with Crippen LogP contribution in [0.1, 0.15) is 37.3 Å². The van der Waals surface area contributed by atoms with E-state index in [1.165, 1.54) is 17.5 Å². The molecule has 0 bridgehead atoms. The molecule has 1 atom stereocenters. The van der Waals surface area contributed by atoms with Gasteiger partial charge in [0.15, 0.2) is 0 Å². The number of carbonyl (C=O) groups is 1. The number of halogens is 1. The molecular weight excluding hydrogens is 276 g/mol. The summed E-state index contributed by atoms with van der Waals surface area (Å²) in [5.74, 6) is 0.737. The van der Waals surface area contributed by atoms with Crippen LogP contribution < -0.4 is 0 Å². The molecule has 1 nitrogen and oxygen atoms in total. The second-order valence-corrected chi connectivity index (χ2v) is 6.02. The highest BCUT2D eigenvalue weighted by atomic mass is 79.9. The smallest absolute Gasteiger partial charge is 0.149 e. The van der Waals surface area contributed by atoms with Gasteiger partial charge in [0.05, 0.1) is 4.83 Å². The Morgan fingerprint density at radius 2 is 1.88 bits per heavy atom.